The molecule has 1 nitrogen and oxygen atoms in total. The summed E-state index contributed by atoms with van der Waals surface area (Å²) in [5.74, 6) is 1.24. The van der Waals surface area contributed by atoms with Gasteiger partial charge in [-0.05, 0) is 39.5 Å². The van der Waals surface area contributed by atoms with Crippen molar-refractivity contribution in [2.24, 2.45) is 0 Å². The van der Waals surface area contributed by atoms with Crippen LogP contribution in [0.25, 0.3) is 0 Å². The summed E-state index contributed by atoms with van der Waals surface area (Å²) in [6.45, 7) is 4.21. The summed E-state index contributed by atoms with van der Waals surface area (Å²) in [4.78, 5) is 0. The average molecular weight is 264 g/mol. The molecule has 3 heteroatoms. The topological polar surface area (TPSA) is 9.23 Å². The van der Waals surface area contributed by atoms with E-state index in [1.807, 2.05) is 12.1 Å². The molecule has 0 aliphatic carbocycles. The SMILES string of the molecule is COc1cc(C(C)C)c(Cl)cc1Br. The van der Waals surface area contributed by atoms with Gasteiger partial charge in [0.15, 0.2) is 0 Å². The molecule has 0 fully saturated rings. The lowest BCUT2D eigenvalue weighted by atomic mass is 10.0. The maximum atomic E-state index is 6.07. The summed E-state index contributed by atoms with van der Waals surface area (Å²) in [7, 11) is 1.65. The molecule has 0 saturated heterocycles. The van der Waals surface area contributed by atoms with Crippen molar-refractivity contribution in [1.29, 1.82) is 0 Å². The van der Waals surface area contributed by atoms with Gasteiger partial charge < -0.3 is 4.74 Å². The first-order valence-corrected chi connectivity index (χ1v) is 5.26. The number of ether oxygens (including phenoxy) is 1. The minimum Gasteiger partial charge on any atom is -0.496 e. The maximum absolute atomic E-state index is 6.07. The lowest BCUT2D eigenvalue weighted by Crippen LogP contribution is -1.92. The summed E-state index contributed by atoms with van der Waals surface area (Å²) < 4.78 is 6.08. The first kappa shape index (κ1) is 10.9. The molecule has 1 aromatic rings. The van der Waals surface area contributed by atoms with Crippen LogP contribution in [0.3, 0.4) is 0 Å². The predicted octanol–water partition coefficient (Wildman–Crippen LogP) is 4.23. The summed E-state index contributed by atoms with van der Waals surface area (Å²) in [5.41, 5.74) is 1.11. The van der Waals surface area contributed by atoms with Gasteiger partial charge in [-0.15, -0.1) is 0 Å². The van der Waals surface area contributed by atoms with Crippen molar-refractivity contribution >= 4 is 27.5 Å². The molecule has 0 amide bonds. The van der Waals surface area contributed by atoms with Crippen molar-refractivity contribution in [1.82, 2.24) is 0 Å². The summed E-state index contributed by atoms with van der Waals surface area (Å²) in [6, 6.07) is 3.84. The van der Waals surface area contributed by atoms with Crippen LogP contribution in [0.2, 0.25) is 5.02 Å². The second-order valence-corrected chi connectivity index (χ2v) is 4.42. The Morgan fingerprint density at radius 2 is 2.00 bits per heavy atom. The van der Waals surface area contributed by atoms with Crippen molar-refractivity contribution in [3.8, 4) is 5.75 Å². The monoisotopic (exact) mass is 262 g/mol. The van der Waals surface area contributed by atoms with Crippen molar-refractivity contribution in [2.75, 3.05) is 7.11 Å². The minimum atomic E-state index is 0.412. The van der Waals surface area contributed by atoms with Crippen LogP contribution >= 0.6 is 27.5 Å². The van der Waals surface area contributed by atoms with Gasteiger partial charge in [0.1, 0.15) is 5.75 Å². The van der Waals surface area contributed by atoms with Crippen LogP contribution in [0.15, 0.2) is 16.6 Å². The largest absolute Gasteiger partial charge is 0.496 e. The van der Waals surface area contributed by atoms with Crippen molar-refractivity contribution < 1.29 is 4.74 Å². The summed E-state index contributed by atoms with van der Waals surface area (Å²) in [5, 5.41) is 0.780. The van der Waals surface area contributed by atoms with E-state index in [2.05, 4.69) is 29.8 Å². The Labute approximate surface area is 92.2 Å². The number of hydrogen-bond acceptors (Lipinski definition) is 1. The number of methoxy groups -OCH3 is 1. The van der Waals surface area contributed by atoms with Gasteiger partial charge in [0.25, 0.3) is 0 Å². The molecule has 0 unspecified atom stereocenters. The van der Waals surface area contributed by atoms with Crippen molar-refractivity contribution in [3.63, 3.8) is 0 Å². The zero-order valence-corrected chi connectivity index (χ0v) is 10.2. The Morgan fingerprint density at radius 3 is 2.46 bits per heavy atom. The third-order valence-electron chi connectivity index (χ3n) is 1.89. The van der Waals surface area contributed by atoms with Crippen LogP contribution in [0.1, 0.15) is 25.3 Å². The maximum Gasteiger partial charge on any atom is 0.133 e. The van der Waals surface area contributed by atoms with Gasteiger partial charge in [-0.1, -0.05) is 25.4 Å². The van der Waals surface area contributed by atoms with E-state index in [9.17, 15) is 0 Å². The van der Waals surface area contributed by atoms with Crippen LogP contribution in [0.5, 0.6) is 5.75 Å². The smallest absolute Gasteiger partial charge is 0.133 e. The molecule has 0 bridgehead atoms. The van der Waals surface area contributed by atoms with Crippen LogP contribution in [0, 0.1) is 0 Å². The van der Waals surface area contributed by atoms with E-state index in [4.69, 9.17) is 16.3 Å². The molecule has 0 saturated carbocycles. The van der Waals surface area contributed by atoms with Gasteiger partial charge in [0, 0.05) is 5.02 Å². The highest BCUT2D eigenvalue weighted by molar-refractivity contribution is 9.10. The minimum absolute atomic E-state index is 0.412. The number of benzene rings is 1. The van der Waals surface area contributed by atoms with E-state index in [0.29, 0.717) is 5.92 Å². The van der Waals surface area contributed by atoms with Crippen LogP contribution in [-0.2, 0) is 0 Å². The predicted molar refractivity (Wildman–Crippen MR) is 59.8 cm³/mol. The molecule has 1 rings (SSSR count). The number of rotatable bonds is 2. The highest BCUT2D eigenvalue weighted by Crippen LogP contribution is 2.34. The Morgan fingerprint density at radius 1 is 1.38 bits per heavy atom. The molecule has 0 spiro atoms. The van der Waals surface area contributed by atoms with Gasteiger partial charge in [-0.3, -0.25) is 0 Å². The normalized spacial score (nSPS) is 10.6. The van der Waals surface area contributed by atoms with E-state index >= 15 is 0 Å². The zero-order chi connectivity index (χ0) is 10.0. The van der Waals surface area contributed by atoms with Gasteiger partial charge in [0.2, 0.25) is 0 Å². The molecule has 13 heavy (non-hydrogen) atoms. The lowest BCUT2D eigenvalue weighted by molar-refractivity contribution is 0.411. The second-order valence-electron chi connectivity index (χ2n) is 3.16. The number of halogens is 2. The highest BCUT2D eigenvalue weighted by atomic mass is 79.9. The fourth-order valence-electron chi connectivity index (χ4n) is 1.14. The quantitative estimate of drug-likeness (QED) is 0.776. The Hall–Kier alpha value is -0.210. The highest BCUT2D eigenvalue weighted by Gasteiger charge is 2.09. The van der Waals surface area contributed by atoms with Gasteiger partial charge in [0.05, 0.1) is 11.6 Å². The fourth-order valence-corrected chi connectivity index (χ4v) is 2.16. The average Bonchev–Trinajstić information content (AvgIpc) is 2.03. The van der Waals surface area contributed by atoms with Gasteiger partial charge >= 0.3 is 0 Å². The van der Waals surface area contributed by atoms with E-state index in [0.717, 1.165) is 20.8 Å². The molecule has 0 aliphatic rings. The molecule has 0 N–H and O–H groups in total. The van der Waals surface area contributed by atoms with E-state index in [-0.39, 0.29) is 0 Å². The third-order valence-corrected chi connectivity index (χ3v) is 2.84. The molecule has 0 atom stereocenters. The molecule has 0 radical (unpaired) electrons. The number of hydrogen-bond donors (Lipinski definition) is 0. The molecule has 0 heterocycles. The fraction of sp³-hybridized carbons (Fsp3) is 0.400. The van der Waals surface area contributed by atoms with Crippen molar-refractivity contribution in [2.45, 2.75) is 19.8 Å². The van der Waals surface area contributed by atoms with E-state index in [1.54, 1.807) is 7.11 Å². The Kier molecular flexibility index (Phi) is 3.63. The molecular weight excluding hydrogens is 251 g/mol. The second kappa shape index (κ2) is 4.34. The Balaban J connectivity index is 3.22. The van der Waals surface area contributed by atoms with Crippen LogP contribution in [0.4, 0.5) is 0 Å². The lowest BCUT2D eigenvalue weighted by Gasteiger charge is -2.11. The first-order valence-electron chi connectivity index (χ1n) is 4.09. The van der Waals surface area contributed by atoms with Gasteiger partial charge in [-0.25, -0.2) is 0 Å². The van der Waals surface area contributed by atoms with Crippen LogP contribution < -0.4 is 4.74 Å². The third kappa shape index (κ3) is 2.38. The molecule has 1 aromatic carbocycles. The van der Waals surface area contributed by atoms with E-state index in [1.165, 1.54) is 0 Å². The standard InChI is InChI=1S/C10H12BrClO/c1-6(2)7-4-10(13-3)8(11)5-9(7)12/h4-6H,1-3H3. The van der Waals surface area contributed by atoms with Crippen molar-refractivity contribution in [3.05, 3.63) is 27.2 Å². The van der Waals surface area contributed by atoms with Gasteiger partial charge in [-0.2, -0.15) is 0 Å². The summed E-state index contributed by atoms with van der Waals surface area (Å²) >= 11 is 9.45. The van der Waals surface area contributed by atoms with E-state index < -0.39 is 0 Å². The molecule has 72 valence electrons. The van der Waals surface area contributed by atoms with Crippen LogP contribution in [-0.4, -0.2) is 7.11 Å². The zero-order valence-electron chi connectivity index (χ0n) is 7.90. The molecule has 0 aromatic heterocycles. The molecular formula is C10H12BrClO. The Bertz CT molecular complexity index is 310. The first-order chi connectivity index (χ1) is 6.06. The summed E-state index contributed by atoms with van der Waals surface area (Å²) in [6.07, 6.45) is 0. The molecule has 0 aliphatic heterocycles.